The van der Waals surface area contributed by atoms with Crippen LogP contribution < -0.4 is 4.72 Å². The Bertz CT molecular complexity index is 1210. The van der Waals surface area contributed by atoms with Crippen molar-refractivity contribution in [1.82, 2.24) is 4.72 Å². The van der Waals surface area contributed by atoms with Crippen molar-refractivity contribution in [1.29, 1.82) is 0 Å². The summed E-state index contributed by atoms with van der Waals surface area (Å²) in [5, 5.41) is 0. The summed E-state index contributed by atoms with van der Waals surface area (Å²) >= 11 is 0. The molecule has 0 spiro atoms. The SMILES string of the molecule is Cc1ccc(S(=O)(=O)NCCCCOC(=O)c2ccccc2C#Cc2ccccc2)cc1. The minimum atomic E-state index is -3.53. The second-order valence-electron chi connectivity index (χ2n) is 7.22. The van der Waals surface area contributed by atoms with Gasteiger partial charge in [0.2, 0.25) is 10.0 Å². The third kappa shape index (κ3) is 6.81. The molecule has 0 aliphatic carbocycles. The van der Waals surface area contributed by atoms with E-state index in [2.05, 4.69) is 16.6 Å². The lowest BCUT2D eigenvalue weighted by Crippen LogP contribution is -2.25. The Morgan fingerprint density at radius 1 is 0.875 bits per heavy atom. The Morgan fingerprint density at radius 3 is 2.31 bits per heavy atom. The van der Waals surface area contributed by atoms with Crippen molar-refractivity contribution in [2.24, 2.45) is 0 Å². The number of aryl methyl sites for hydroxylation is 1. The van der Waals surface area contributed by atoms with Crippen LogP contribution in [0.4, 0.5) is 0 Å². The zero-order valence-electron chi connectivity index (χ0n) is 17.9. The fourth-order valence-corrected chi connectivity index (χ4v) is 3.98. The zero-order chi connectivity index (χ0) is 22.8. The minimum Gasteiger partial charge on any atom is -0.462 e. The van der Waals surface area contributed by atoms with E-state index in [0.29, 0.717) is 24.0 Å². The van der Waals surface area contributed by atoms with E-state index >= 15 is 0 Å². The van der Waals surface area contributed by atoms with E-state index in [-0.39, 0.29) is 18.0 Å². The number of carbonyl (C=O) groups is 1. The molecule has 32 heavy (non-hydrogen) atoms. The summed E-state index contributed by atoms with van der Waals surface area (Å²) in [6.07, 6.45) is 1.09. The van der Waals surface area contributed by atoms with Gasteiger partial charge in [-0.3, -0.25) is 0 Å². The Kier molecular flexibility index (Phi) is 8.20. The summed E-state index contributed by atoms with van der Waals surface area (Å²) in [6.45, 7) is 2.37. The second kappa shape index (κ2) is 11.3. The van der Waals surface area contributed by atoms with Gasteiger partial charge in [-0.15, -0.1) is 0 Å². The molecule has 3 aromatic rings. The molecule has 0 saturated carbocycles. The lowest BCUT2D eigenvalue weighted by molar-refractivity contribution is 0.0498. The van der Waals surface area contributed by atoms with Gasteiger partial charge in [-0.1, -0.05) is 59.9 Å². The van der Waals surface area contributed by atoms with Crippen molar-refractivity contribution in [2.45, 2.75) is 24.7 Å². The number of ether oxygens (including phenoxy) is 1. The standard InChI is InChI=1S/C26H25NO4S/c1-21-13-17-24(18-14-21)32(29,30)27-19-7-8-20-31-26(28)25-12-6-5-11-23(25)16-15-22-9-3-2-4-10-22/h2-6,9-14,17-18,27H,7-8,19-20H2,1H3. The van der Waals surface area contributed by atoms with Gasteiger partial charge in [0.05, 0.1) is 17.1 Å². The van der Waals surface area contributed by atoms with E-state index in [1.807, 2.05) is 43.3 Å². The quantitative estimate of drug-likeness (QED) is 0.317. The zero-order valence-corrected chi connectivity index (χ0v) is 18.7. The van der Waals surface area contributed by atoms with Gasteiger partial charge in [0.25, 0.3) is 0 Å². The first-order chi connectivity index (χ1) is 15.5. The summed E-state index contributed by atoms with van der Waals surface area (Å²) in [7, 11) is -3.53. The van der Waals surface area contributed by atoms with Gasteiger partial charge >= 0.3 is 5.97 Å². The first-order valence-corrected chi connectivity index (χ1v) is 11.8. The highest BCUT2D eigenvalue weighted by molar-refractivity contribution is 7.89. The number of nitrogens with one attached hydrogen (secondary N) is 1. The molecular formula is C26H25NO4S. The molecule has 0 radical (unpaired) electrons. The van der Waals surface area contributed by atoms with Gasteiger partial charge in [0.1, 0.15) is 0 Å². The van der Waals surface area contributed by atoms with Crippen molar-refractivity contribution >= 4 is 16.0 Å². The lowest BCUT2D eigenvalue weighted by atomic mass is 10.1. The maximum atomic E-state index is 12.5. The van der Waals surface area contributed by atoms with Gasteiger partial charge in [-0.2, -0.15) is 0 Å². The third-order valence-corrected chi connectivity index (χ3v) is 6.17. The topological polar surface area (TPSA) is 72.5 Å². The second-order valence-corrected chi connectivity index (χ2v) is 8.98. The smallest absolute Gasteiger partial charge is 0.339 e. The highest BCUT2D eigenvalue weighted by Gasteiger charge is 2.13. The van der Waals surface area contributed by atoms with Gasteiger partial charge in [-0.25, -0.2) is 17.9 Å². The third-order valence-electron chi connectivity index (χ3n) is 4.69. The van der Waals surface area contributed by atoms with E-state index in [9.17, 15) is 13.2 Å². The van der Waals surface area contributed by atoms with E-state index in [1.165, 1.54) is 0 Å². The van der Waals surface area contributed by atoms with Crippen LogP contribution in [0.25, 0.3) is 0 Å². The molecule has 0 bridgehead atoms. The average molecular weight is 448 g/mol. The van der Waals surface area contributed by atoms with E-state index in [0.717, 1.165) is 11.1 Å². The molecule has 0 unspecified atom stereocenters. The molecule has 0 aliphatic heterocycles. The molecule has 0 atom stereocenters. The maximum Gasteiger partial charge on any atom is 0.339 e. The number of esters is 1. The van der Waals surface area contributed by atoms with Crippen LogP contribution in [0.3, 0.4) is 0 Å². The van der Waals surface area contributed by atoms with Crippen LogP contribution in [-0.4, -0.2) is 27.5 Å². The largest absolute Gasteiger partial charge is 0.462 e. The summed E-state index contributed by atoms with van der Waals surface area (Å²) in [5.74, 6) is 5.64. The van der Waals surface area contributed by atoms with E-state index in [1.54, 1.807) is 42.5 Å². The minimum absolute atomic E-state index is 0.200. The van der Waals surface area contributed by atoms with Crippen molar-refractivity contribution in [3.8, 4) is 11.8 Å². The first-order valence-electron chi connectivity index (χ1n) is 10.4. The highest BCUT2D eigenvalue weighted by Crippen LogP contribution is 2.11. The molecule has 5 nitrogen and oxygen atoms in total. The number of rotatable bonds is 8. The van der Waals surface area contributed by atoms with E-state index in [4.69, 9.17) is 4.74 Å². The van der Waals surface area contributed by atoms with Gasteiger partial charge in [0.15, 0.2) is 0 Å². The maximum absolute atomic E-state index is 12.5. The highest BCUT2D eigenvalue weighted by atomic mass is 32.2. The molecule has 3 aromatic carbocycles. The average Bonchev–Trinajstić information content (AvgIpc) is 2.81. The molecule has 0 fully saturated rings. The van der Waals surface area contributed by atoms with Crippen LogP contribution in [0.2, 0.25) is 0 Å². The number of hydrogen-bond donors (Lipinski definition) is 1. The molecule has 6 heteroatoms. The van der Waals surface area contributed by atoms with Gasteiger partial charge in [0, 0.05) is 17.7 Å². The van der Waals surface area contributed by atoms with Crippen LogP contribution >= 0.6 is 0 Å². The van der Waals surface area contributed by atoms with Crippen molar-refractivity contribution in [3.63, 3.8) is 0 Å². The van der Waals surface area contributed by atoms with Crippen LogP contribution in [0.15, 0.2) is 83.8 Å². The Balaban J connectivity index is 1.47. The first kappa shape index (κ1) is 23.3. The molecule has 0 aromatic heterocycles. The molecule has 3 rings (SSSR count). The van der Waals surface area contributed by atoms with Crippen LogP contribution in [0, 0.1) is 18.8 Å². The predicted octanol–water partition coefficient (Wildman–Crippen LogP) is 4.31. The van der Waals surface area contributed by atoms with Crippen LogP contribution in [0.5, 0.6) is 0 Å². The Morgan fingerprint density at radius 2 is 1.56 bits per heavy atom. The molecule has 0 heterocycles. The molecule has 1 N–H and O–H groups in total. The van der Waals surface area contributed by atoms with Crippen LogP contribution in [0.1, 0.15) is 39.9 Å². The Hall–Kier alpha value is -3.40. The fraction of sp³-hybridized carbons (Fsp3) is 0.192. The van der Waals surface area contributed by atoms with Crippen molar-refractivity contribution in [3.05, 3.63) is 101 Å². The molecular weight excluding hydrogens is 422 g/mol. The molecule has 0 saturated heterocycles. The Labute approximate surface area is 189 Å². The molecule has 0 amide bonds. The van der Waals surface area contributed by atoms with Crippen LogP contribution in [-0.2, 0) is 14.8 Å². The summed E-state index contributed by atoms with van der Waals surface area (Å²) < 4.78 is 32.5. The van der Waals surface area contributed by atoms with Gasteiger partial charge in [-0.05, 0) is 56.2 Å². The number of carbonyl (C=O) groups excluding carboxylic acids is 1. The number of benzene rings is 3. The van der Waals surface area contributed by atoms with Gasteiger partial charge < -0.3 is 4.74 Å². The number of hydrogen-bond acceptors (Lipinski definition) is 4. The van der Waals surface area contributed by atoms with Crippen molar-refractivity contribution in [2.75, 3.05) is 13.2 Å². The molecule has 0 aliphatic rings. The van der Waals surface area contributed by atoms with Crippen molar-refractivity contribution < 1.29 is 17.9 Å². The number of unbranched alkanes of at least 4 members (excludes halogenated alkanes) is 1. The summed E-state index contributed by atoms with van der Waals surface area (Å²) in [5.41, 5.74) is 2.88. The summed E-state index contributed by atoms with van der Waals surface area (Å²) in [6, 6.07) is 23.3. The number of sulfonamides is 1. The molecule has 164 valence electrons. The summed E-state index contributed by atoms with van der Waals surface area (Å²) in [4.78, 5) is 12.7. The van der Waals surface area contributed by atoms with E-state index < -0.39 is 16.0 Å². The fourth-order valence-electron chi connectivity index (χ4n) is 2.91. The predicted molar refractivity (Wildman–Crippen MR) is 125 cm³/mol. The normalized spacial score (nSPS) is 10.8. The lowest BCUT2D eigenvalue weighted by Gasteiger charge is -2.08. The monoisotopic (exact) mass is 447 g/mol.